The van der Waals surface area contributed by atoms with Crippen molar-refractivity contribution in [3.8, 4) is 0 Å². The molecule has 1 aromatic rings. The van der Waals surface area contributed by atoms with E-state index in [2.05, 4.69) is 0 Å². The van der Waals surface area contributed by atoms with Crippen molar-refractivity contribution in [2.24, 2.45) is 0 Å². The molecule has 0 heterocycles. The Balaban J connectivity index is 3.26. The molecule has 2 unspecified atom stereocenters. The Morgan fingerprint density at radius 3 is 1.93 bits per heavy atom. The van der Waals surface area contributed by atoms with E-state index >= 15 is 0 Å². The minimum absolute atomic E-state index is 0.368. The second-order valence-electron chi connectivity index (χ2n) is 3.31. The lowest BCUT2D eigenvalue weighted by molar-refractivity contribution is -0.295. The van der Waals surface area contributed by atoms with Gasteiger partial charge in [0.1, 0.15) is 0 Å². The average Bonchev–Trinajstić information content (AvgIpc) is 2.16. The molecule has 0 saturated heterocycles. The number of hydrogen-bond acceptors (Lipinski definition) is 2. The molecular formula is C10H11F3O2. The summed E-state index contributed by atoms with van der Waals surface area (Å²) in [7, 11) is 0. The molecule has 0 amide bonds. The van der Waals surface area contributed by atoms with E-state index in [1.165, 1.54) is 18.2 Å². The number of halogens is 3. The summed E-state index contributed by atoms with van der Waals surface area (Å²) >= 11 is 0. The zero-order chi connectivity index (χ0) is 11.7. The fourth-order valence-corrected chi connectivity index (χ4v) is 1.33. The highest BCUT2D eigenvalue weighted by atomic mass is 19.4. The van der Waals surface area contributed by atoms with Crippen molar-refractivity contribution >= 4 is 0 Å². The van der Waals surface area contributed by atoms with Gasteiger partial charge in [-0.25, -0.2) is 0 Å². The number of rotatable bonds is 2. The molecule has 0 bridgehead atoms. The summed E-state index contributed by atoms with van der Waals surface area (Å²) in [4.78, 5) is 0. The maximum atomic E-state index is 12.6. The first-order valence-electron chi connectivity index (χ1n) is 4.33. The molecule has 0 spiro atoms. The van der Waals surface area contributed by atoms with Gasteiger partial charge in [-0.05, 0) is 12.5 Å². The molecule has 0 aliphatic carbocycles. The lowest BCUT2D eigenvalue weighted by Gasteiger charge is -2.33. The van der Waals surface area contributed by atoms with Crippen LogP contribution in [0.15, 0.2) is 30.3 Å². The zero-order valence-corrected chi connectivity index (χ0v) is 7.99. The van der Waals surface area contributed by atoms with Crippen molar-refractivity contribution in [1.82, 2.24) is 0 Å². The molecule has 15 heavy (non-hydrogen) atoms. The van der Waals surface area contributed by atoms with Crippen LogP contribution in [0, 0.1) is 0 Å². The number of aliphatic hydroxyl groups excluding tert-OH is 1. The second-order valence-corrected chi connectivity index (χ2v) is 3.31. The fourth-order valence-electron chi connectivity index (χ4n) is 1.33. The van der Waals surface area contributed by atoms with Gasteiger partial charge in [0.15, 0.2) is 0 Å². The van der Waals surface area contributed by atoms with Crippen LogP contribution in [0.5, 0.6) is 0 Å². The SMILES string of the molecule is CC(O)C(O)(c1ccccc1)C(F)(F)F. The van der Waals surface area contributed by atoms with Crippen molar-refractivity contribution in [2.75, 3.05) is 0 Å². The molecule has 0 saturated carbocycles. The topological polar surface area (TPSA) is 40.5 Å². The molecule has 1 aromatic carbocycles. The Bertz CT molecular complexity index is 321. The van der Waals surface area contributed by atoms with E-state index in [0.717, 1.165) is 19.1 Å². The third kappa shape index (κ3) is 1.98. The molecule has 2 nitrogen and oxygen atoms in total. The van der Waals surface area contributed by atoms with E-state index in [4.69, 9.17) is 5.11 Å². The van der Waals surface area contributed by atoms with Gasteiger partial charge in [0.25, 0.3) is 0 Å². The van der Waals surface area contributed by atoms with Crippen LogP contribution < -0.4 is 0 Å². The summed E-state index contributed by atoms with van der Waals surface area (Å²) in [5.74, 6) is 0. The van der Waals surface area contributed by atoms with Crippen LogP contribution >= 0.6 is 0 Å². The van der Waals surface area contributed by atoms with Crippen molar-refractivity contribution in [3.05, 3.63) is 35.9 Å². The first-order valence-corrected chi connectivity index (χ1v) is 4.33. The molecular weight excluding hydrogens is 209 g/mol. The smallest absolute Gasteiger partial charge is 0.390 e. The number of hydrogen-bond donors (Lipinski definition) is 2. The minimum atomic E-state index is -4.91. The standard InChI is InChI=1S/C10H11F3O2/c1-7(14)9(15,10(11,12)13)8-5-3-2-4-6-8/h2-7,14-15H,1H3. The monoisotopic (exact) mass is 220 g/mol. The number of benzene rings is 1. The molecule has 0 fully saturated rings. The molecule has 2 N–H and O–H groups in total. The summed E-state index contributed by atoms with van der Waals surface area (Å²) in [6.45, 7) is 0.903. The lowest BCUT2D eigenvalue weighted by Crippen LogP contribution is -2.50. The Labute approximate surface area is 85.0 Å². The van der Waals surface area contributed by atoms with Crippen LogP contribution in [-0.4, -0.2) is 22.5 Å². The third-order valence-corrected chi connectivity index (χ3v) is 2.25. The first-order chi connectivity index (χ1) is 6.80. The predicted molar refractivity (Wildman–Crippen MR) is 48.1 cm³/mol. The quantitative estimate of drug-likeness (QED) is 0.798. The molecule has 1 rings (SSSR count). The highest BCUT2D eigenvalue weighted by Crippen LogP contribution is 2.41. The third-order valence-electron chi connectivity index (χ3n) is 2.25. The highest BCUT2D eigenvalue weighted by Gasteiger charge is 2.58. The van der Waals surface area contributed by atoms with E-state index in [-0.39, 0.29) is 5.56 Å². The maximum Gasteiger partial charge on any atom is 0.424 e. The summed E-state index contributed by atoms with van der Waals surface area (Å²) in [5, 5.41) is 18.6. The van der Waals surface area contributed by atoms with Gasteiger partial charge < -0.3 is 10.2 Å². The predicted octanol–water partition coefficient (Wildman–Crippen LogP) is 1.82. The van der Waals surface area contributed by atoms with Crippen molar-refractivity contribution in [2.45, 2.75) is 24.8 Å². The van der Waals surface area contributed by atoms with Crippen LogP contribution in [0.25, 0.3) is 0 Å². The van der Waals surface area contributed by atoms with E-state index in [0.29, 0.717) is 0 Å². The van der Waals surface area contributed by atoms with Gasteiger partial charge in [-0.15, -0.1) is 0 Å². The summed E-state index contributed by atoms with van der Waals surface area (Å²) in [6.07, 6.45) is -6.84. The van der Waals surface area contributed by atoms with Crippen LogP contribution in [0.2, 0.25) is 0 Å². The normalized spacial score (nSPS) is 18.3. The van der Waals surface area contributed by atoms with Crippen LogP contribution in [0.1, 0.15) is 12.5 Å². The summed E-state index contributed by atoms with van der Waals surface area (Å²) in [6, 6.07) is 6.52. The first kappa shape index (κ1) is 12.0. The minimum Gasteiger partial charge on any atom is -0.390 e. The molecule has 0 aliphatic heterocycles. The Morgan fingerprint density at radius 2 is 1.60 bits per heavy atom. The van der Waals surface area contributed by atoms with Crippen LogP contribution in [0.3, 0.4) is 0 Å². The second kappa shape index (κ2) is 3.83. The van der Waals surface area contributed by atoms with E-state index in [1.54, 1.807) is 0 Å². The fraction of sp³-hybridized carbons (Fsp3) is 0.400. The van der Waals surface area contributed by atoms with Gasteiger partial charge in [-0.1, -0.05) is 30.3 Å². The van der Waals surface area contributed by atoms with Crippen molar-refractivity contribution < 1.29 is 23.4 Å². The van der Waals surface area contributed by atoms with Gasteiger partial charge >= 0.3 is 6.18 Å². The van der Waals surface area contributed by atoms with Crippen molar-refractivity contribution in [1.29, 1.82) is 0 Å². The molecule has 5 heteroatoms. The van der Waals surface area contributed by atoms with E-state index < -0.39 is 17.9 Å². The largest absolute Gasteiger partial charge is 0.424 e. The van der Waals surface area contributed by atoms with Crippen LogP contribution in [0.4, 0.5) is 13.2 Å². The van der Waals surface area contributed by atoms with E-state index in [1.807, 2.05) is 0 Å². The maximum absolute atomic E-state index is 12.6. The molecule has 0 radical (unpaired) electrons. The highest BCUT2D eigenvalue weighted by molar-refractivity contribution is 5.25. The molecule has 0 aromatic heterocycles. The Hall–Kier alpha value is -1.07. The van der Waals surface area contributed by atoms with Gasteiger partial charge in [0.2, 0.25) is 5.60 Å². The molecule has 2 atom stereocenters. The van der Waals surface area contributed by atoms with Crippen LogP contribution in [-0.2, 0) is 5.60 Å². The van der Waals surface area contributed by atoms with Gasteiger partial charge in [0, 0.05) is 0 Å². The number of alkyl halides is 3. The Kier molecular flexibility index (Phi) is 3.06. The number of aliphatic hydroxyl groups is 2. The van der Waals surface area contributed by atoms with Crippen molar-refractivity contribution in [3.63, 3.8) is 0 Å². The molecule has 0 aliphatic rings. The Morgan fingerprint density at radius 1 is 1.13 bits per heavy atom. The van der Waals surface area contributed by atoms with Gasteiger partial charge in [-0.2, -0.15) is 13.2 Å². The zero-order valence-electron chi connectivity index (χ0n) is 7.99. The lowest BCUT2D eigenvalue weighted by atomic mass is 9.88. The average molecular weight is 220 g/mol. The van der Waals surface area contributed by atoms with Gasteiger partial charge in [0.05, 0.1) is 6.10 Å². The molecule has 84 valence electrons. The summed E-state index contributed by atoms with van der Waals surface area (Å²) < 4.78 is 37.9. The van der Waals surface area contributed by atoms with Gasteiger partial charge in [-0.3, -0.25) is 0 Å². The van der Waals surface area contributed by atoms with E-state index in [9.17, 15) is 18.3 Å². The summed E-state index contributed by atoms with van der Waals surface area (Å²) in [5.41, 5.74) is -3.58.